The van der Waals surface area contributed by atoms with Gasteiger partial charge in [-0.1, -0.05) is 30.3 Å². The quantitative estimate of drug-likeness (QED) is 0.885. The van der Waals surface area contributed by atoms with Crippen LogP contribution in [0.15, 0.2) is 54.6 Å². The molecule has 1 aliphatic carbocycles. The number of carbonyl (C=O) groups is 1. The van der Waals surface area contributed by atoms with Gasteiger partial charge in [0.1, 0.15) is 11.9 Å². The summed E-state index contributed by atoms with van der Waals surface area (Å²) in [6.07, 6.45) is 2.07. The van der Waals surface area contributed by atoms with Crippen molar-refractivity contribution in [3.05, 3.63) is 66.0 Å². The maximum Gasteiger partial charge on any atom is 0.247 e. The molecule has 1 unspecified atom stereocenters. The van der Waals surface area contributed by atoms with Gasteiger partial charge in [0.25, 0.3) is 0 Å². The maximum atomic E-state index is 13.1. The van der Waals surface area contributed by atoms with Crippen molar-refractivity contribution in [2.24, 2.45) is 0 Å². The number of hydrogen-bond donors (Lipinski definition) is 2. The average molecular weight is 284 g/mol. The first-order valence-electron chi connectivity index (χ1n) is 7.10. The number of anilines is 1. The third-order valence-electron chi connectivity index (χ3n) is 3.47. The Bertz CT molecular complexity index is 608. The summed E-state index contributed by atoms with van der Waals surface area (Å²) in [6.45, 7) is 0. The van der Waals surface area contributed by atoms with Crippen molar-refractivity contribution in [3.63, 3.8) is 0 Å². The topological polar surface area (TPSA) is 41.1 Å². The smallest absolute Gasteiger partial charge is 0.247 e. The minimum atomic E-state index is -0.520. The number of halogens is 1. The molecule has 1 aliphatic rings. The van der Waals surface area contributed by atoms with Gasteiger partial charge in [0.05, 0.1) is 0 Å². The van der Waals surface area contributed by atoms with Crippen molar-refractivity contribution in [2.45, 2.75) is 24.9 Å². The summed E-state index contributed by atoms with van der Waals surface area (Å²) >= 11 is 0. The first-order valence-corrected chi connectivity index (χ1v) is 7.10. The van der Waals surface area contributed by atoms with E-state index in [0.717, 1.165) is 24.1 Å². The van der Waals surface area contributed by atoms with Crippen LogP contribution in [0.4, 0.5) is 10.1 Å². The summed E-state index contributed by atoms with van der Waals surface area (Å²) in [6, 6.07) is 15.3. The van der Waals surface area contributed by atoms with E-state index in [1.807, 2.05) is 30.3 Å². The van der Waals surface area contributed by atoms with E-state index in [-0.39, 0.29) is 17.8 Å². The fraction of sp³-hybridized carbons (Fsp3) is 0.235. The van der Waals surface area contributed by atoms with Crippen LogP contribution in [0, 0.1) is 5.82 Å². The van der Waals surface area contributed by atoms with Gasteiger partial charge in [-0.3, -0.25) is 4.79 Å². The van der Waals surface area contributed by atoms with Crippen LogP contribution in [0.2, 0.25) is 0 Å². The Morgan fingerprint density at radius 1 is 1.05 bits per heavy atom. The SMILES string of the molecule is O=C(NC1CC1)C(Nc1ccccc1)c1ccc(F)cc1. The molecule has 1 saturated carbocycles. The molecular formula is C17H17FN2O. The van der Waals surface area contributed by atoms with Crippen molar-refractivity contribution in [1.29, 1.82) is 0 Å². The second-order valence-corrected chi connectivity index (χ2v) is 5.28. The monoisotopic (exact) mass is 284 g/mol. The van der Waals surface area contributed by atoms with Crippen LogP contribution in [-0.2, 0) is 4.79 Å². The molecule has 2 aromatic carbocycles. The zero-order valence-electron chi connectivity index (χ0n) is 11.6. The van der Waals surface area contributed by atoms with E-state index in [2.05, 4.69) is 10.6 Å². The lowest BCUT2D eigenvalue weighted by Gasteiger charge is -2.20. The molecule has 0 saturated heterocycles. The second kappa shape index (κ2) is 5.95. The number of para-hydroxylation sites is 1. The zero-order valence-corrected chi connectivity index (χ0v) is 11.6. The molecule has 0 aliphatic heterocycles. The highest BCUT2D eigenvalue weighted by Crippen LogP contribution is 2.24. The Kier molecular flexibility index (Phi) is 3.86. The molecular weight excluding hydrogens is 267 g/mol. The molecule has 0 aromatic heterocycles. The van der Waals surface area contributed by atoms with Gasteiger partial charge in [0, 0.05) is 11.7 Å². The van der Waals surface area contributed by atoms with Crippen molar-refractivity contribution in [3.8, 4) is 0 Å². The van der Waals surface area contributed by atoms with Crippen LogP contribution < -0.4 is 10.6 Å². The highest BCUT2D eigenvalue weighted by atomic mass is 19.1. The van der Waals surface area contributed by atoms with Gasteiger partial charge in [-0.05, 0) is 42.7 Å². The maximum absolute atomic E-state index is 13.1. The van der Waals surface area contributed by atoms with Gasteiger partial charge in [-0.15, -0.1) is 0 Å². The second-order valence-electron chi connectivity index (χ2n) is 5.28. The van der Waals surface area contributed by atoms with Gasteiger partial charge in [0.15, 0.2) is 0 Å². The highest BCUT2D eigenvalue weighted by molar-refractivity contribution is 5.86. The molecule has 4 heteroatoms. The normalized spacial score (nSPS) is 15.3. The van der Waals surface area contributed by atoms with E-state index in [0.29, 0.717) is 0 Å². The molecule has 2 N–H and O–H groups in total. The predicted molar refractivity (Wildman–Crippen MR) is 80.4 cm³/mol. The fourth-order valence-electron chi connectivity index (χ4n) is 2.17. The summed E-state index contributed by atoms with van der Waals surface area (Å²) < 4.78 is 13.1. The third-order valence-corrected chi connectivity index (χ3v) is 3.47. The van der Waals surface area contributed by atoms with E-state index < -0.39 is 6.04 Å². The minimum absolute atomic E-state index is 0.0760. The largest absolute Gasteiger partial charge is 0.370 e. The van der Waals surface area contributed by atoms with E-state index in [4.69, 9.17) is 0 Å². The molecule has 2 aromatic rings. The van der Waals surface area contributed by atoms with Crippen LogP contribution in [0.5, 0.6) is 0 Å². The van der Waals surface area contributed by atoms with E-state index in [9.17, 15) is 9.18 Å². The van der Waals surface area contributed by atoms with Crippen molar-refractivity contribution < 1.29 is 9.18 Å². The Labute approximate surface area is 123 Å². The highest BCUT2D eigenvalue weighted by Gasteiger charge is 2.28. The molecule has 0 bridgehead atoms. The molecule has 3 nitrogen and oxygen atoms in total. The summed E-state index contributed by atoms with van der Waals surface area (Å²) in [5.41, 5.74) is 1.61. The minimum Gasteiger partial charge on any atom is -0.370 e. The predicted octanol–water partition coefficient (Wildman–Crippen LogP) is 3.26. The van der Waals surface area contributed by atoms with Crippen LogP contribution in [0.1, 0.15) is 24.4 Å². The lowest BCUT2D eigenvalue weighted by Crippen LogP contribution is -2.34. The van der Waals surface area contributed by atoms with Gasteiger partial charge >= 0.3 is 0 Å². The van der Waals surface area contributed by atoms with Crippen LogP contribution in [0.3, 0.4) is 0 Å². The molecule has 108 valence electrons. The van der Waals surface area contributed by atoms with Crippen molar-refractivity contribution >= 4 is 11.6 Å². The zero-order chi connectivity index (χ0) is 14.7. The molecule has 1 amide bonds. The lowest BCUT2D eigenvalue weighted by molar-refractivity contribution is -0.122. The van der Waals surface area contributed by atoms with Gasteiger partial charge < -0.3 is 10.6 Å². The van der Waals surface area contributed by atoms with Gasteiger partial charge in [-0.2, -0.15) is 0 Å². The van der Waals surface area contributed by atoms with Crippen LogP contribution >= 0.6 is 0 Å². The third kappa shape index (κ3) is 3.60. The average Bonchev–Trinajstić information content (AvgIpc) is 3.31. The Morgan fingerprint density at radius 3 is 2.33 bits per heavy atom. The summed E-state index contributed by atoms with van der Waals surface area (Å²) in [4.78, 5) is 12.4. The molecule has 1 atom stereocenters. The number of amides is 1. The van der Waals surface area contributed by atoms with Crippen LogP contribution in [-0.4, -0.2) is 11.9 Å². The van der Waals surface area contributed by atoms with E-state index >= 15 is 0 Å². The lowest BCUT2D eigenvalue weighted by atomic mass is 10.1. The number of nitrogens with one attached hydrogen (secondary N) is 2. The molecule has 1 fully saturated rings. The van der Waals surface area contributed by atoms with Crippen molar-refractivity contribution in [1.82, 2.24) is 5.32 Å². The standard InChI is InChI=1S/C17H17FN2O/c18-13-8-6-12(7-9-13)16(17(21)20-15-10-11-15)19-14-4-2-1-3-5-14/h1-9,15-16,19H,10-11H2,(H,20,21). The number of hydrogen-bond acceptors (Lipinski definition) is 2. The van der Waals surface area contributed by atoms with Crippen molar-refractivity contribution in [2.75, 3.05) is 5.32 Å². The fourth-order valence-corrected chi connectivity index (χ4v) is 2.17. The Hall–Kier alpha value is -2.36. The molecule has 0 heterocycles. The van der Waals surface area contributed by atoms with E-state index in [1.54, 1.807) is 12.1 Å². The molecule has 0 radical (unpaired) electrons. The number of carbonyl (C=O) groups excluding carboxylic acids is 1. The van der Waals surface area contributed by atoms with Gasteiger partial charge in [-0.25, -0.2) is 4.39 Å². The van der Waals surface area contributed by atoms with Gasteiger partial charge in [0.2, 0.25) is 5.91 Å². The van der Waals surface area contributed by atoms with Crippen LogP contribution in [0.25, 0.3) is 0 Å². The molecule has 0 spiro atoms. The first-order chi connectivity index (χ1) is 10.2. The first kappa shape index (κ1) is 13.6. The summed E-state index contributed by atoms with van der Waals surface area (Å²) in [5.74, 6) is -0.382. The number of rotatable bonds is 5. The van der Waals surface area contributed by atoms with E-state index in [1.165, 1.54) is 12.1 Å². The summed E-state index contributed by atoms with van der Waals surface area (Å²) in [7, 11) is 0. The Morgan fingerprint density at radius 2 is 1.71 bits per heavy atom. The number of benzene rings is 2. The Balaban J connectivity index is 1.82. The summed E-state index contributed by atoms with van der Waals surface area (Å²) in [5, 5.41) is 6.21. The molecule has 21 heavy (non-hydrogen) atoms. The molecule has 3 rings (SSSR count).